The maximum Gasteiger partial charge on any atom is 0.121 e. The zero-order chi connectivity index (χ0) is 7.84. The minimum Gasteiger partial charge on any atom is -0.464 e. The van der Waals surface area contributed by atoms with Crippen molar-refractivity contribution in [3.8, 4) is 0 Å². The molecular weight excluding hydrogens is 174 g/mol. The van der Waals surface area contributed by atoms with E-state index in [-0.39, 0.29) is 12.4 Å². The van der Waals surface area contributed by atoms with Crippen LogP contribution in [0, 0.1) is 13.8 Å². The van der Waals surface area contributed by atoms with Crippen LogP contribution >= 0.6 is 12.4 Å². The summed E-state index contributed by atoms with van der Waals surface area (Å²) in [6, 6.07) is 2.62. The van der Waals surface area contributed by atoms with Gasteiger partial charge in [-0.25, -0.2) is 0 Å². The summed E-state index contributed by atoms with van der Waals surface area (Å²) in [5.41, 5.74) is 1.26. The van der Waals surface area contributed by atoms with Crippen molar-refractivity contribution in [1.82, 2.24) is 5.32 Å². The summed E-state index contributed by atoms with van der Waals surface area (Å²) in [5, 5.41) is 3.31. The van der Waals surface area contributed by atoms with Crippen molar-refractivity contribution in [3.63, 3.8) is 0 Å². The van der Waals surface area contributed by atoms with Crippen LogP contribution in [0.2, 0.25) is 0 Å². The second-order valence-corrected chi connectivity index (χ2v) is 3.18. The van der Waals surface area contributed by atoms with Gasteiger partial charge in [0.25, 0.3) is 0 Å². The normalized spacial score (nSPS) is 21.3. The van der Waals surface area contributed by atoms with Crippen molar-refractivity contribution in [1.29, 1.82) is 0 Å². The molecule has 0 spiro atoms. The zero-order valence-electron chi connectivity index (χ0n) is 7.39. The van der Waals surface area contributed by atoms with E-state index in [1.165, 1.54) is 12.0 Å². The van der Waals surface area contributed by atoms with E-state index in [4.69, 9.17) is 4.42 Å². The van der Waals surface area contributed by atoms with Gasteiger partial charge in [-0.15, -0.1) is 12.4 Å². The van der Waals surface area contributed by atoms with Gasteiger partial charge in [0, 0.05) is 0 Å². The van der Waals surface area contributed by atoms with Crippen molar-refractivity contribution < 1.29 is 4.42 Å². The number of furan rings is 1. The average molecular weight is 188 g/mol. The standard InChI is InChI=1S/C9H13NO.ClH/c1-6-5-9(11-7(6)2)8-3-4-10-8;/h5,8,10H,3-4H2,1-2H3;1H/t8-;/m1./s1. The van der Waals surface area contributed by atoms with Crippen LogP contribution in [0.25, 0.3) is 0 Å². The Kier molecular flexibility index (Phi) is 2.80. The molecule has 0 saturated carbocycles. The largest absolute Gasteiger partial charge is 0.464 e. The highest BCUT2D eigenvalue weighted by Crippen LogP contribution is 2.26. The Hall–Kier alpha value is -0.470. The van der Waals surface area contributed by atoms with Crippen molar-refractivity contribution in [2.45, 2.75) is 26.3 Å². The quantitative estimate of drug-likeness (QED) is 0.730. The summed E-state index contributed by atoms with van der Waals surface area (Å²) >= 11 is 0. The second kappa shape index (κ2) is 3.50. The molecule has 1 aliphatic rings. The molecule has 12 heavy (non-hydrogen) atoms. The van der Waals surface area contributed by atoms with E-state index in [0.29, 0.717) is 6.04 Å². The molecule has 1 atom stereocenters. The molecule has 1 aromatic rings. The summed E-state index contributed by atoms with van der Waals surface area (Å²) < 4.78 is 5.56. The van der Waals surface area contributed by atoms with Crippen LogP contribution in [0.4, 0.5) is 0 Å². The fraction of sp³-hybridized carbons (Fsp3) is 0.556. The lowest BCUT2D eigenvalue weighted by Gasteiger charge is -2.25. The van der Waals surface area contributed by atoms with Gasteiger partial charge >= 0.3 is 0 Å². The lowest BCUT2D eigenvalue weighted by Crippen LogP contribution is -2.34. The van der Waals surface area contributed by atoms with Gasteiger partial charge in [-0.2, -0.15) is 0 Å². The molecule has 2 rings (SSSR count). The molecule has 1 fully saturated rings. The van der Waals surface area contributed by atoms with Gasteiger partial charge in [-0.05, 0) is 38.4 Å². The Morgan fingerprint density at radius 1 is 1.50 bits per heavy atom. The molecular formula is C9H14ClNO. The topological polar surface area (TPSA) is 25.2 Å². The monoisotopic (exact) mass is 187 g/mol. The van der Waals surface area contributed by atoms with Crippen molar-refractivity contribution in [2.24, 2.45) is 0 Å². The van der Waals surface area contributed by atoms with E-state index >= 15 is 0 Å². The van der Waals surface area contributed by atoms with Crippen LogP contribution in [-0.2, 0) is 0 Å². The molecule has 0 aliphatic carbocycles. The molecule has 68 valence electrons. The summed E-state index contributed by atoms with van der Waals surface area (Å²) in [5.74, 6) is 2.15. The number of rotatable bonds is 1. The lowest BCUT2D eigenvalue weighted by atomic mass is 10.0. The highest BCUT2D eigenvalue weighted by Gasteiger charge is 2.21. The minimum absolute atomic E-state index is 0. The minimum atomic E-state index is 0. The van der Waals surface area contributed by atoms with Crippen LogP contribution in [0.3, 0.4) is 0 Å². The second-order valence-electron chi connectivity index (χ2n) is 3.18. The lowest BCUT2D eigenvalue weighted by molar-refractivity contribution is 0.314. The maximum absolute atomic E-state index is 5.56. The average Bonchev–Trinajstić information content (AvgIpc) is 2.08. The number of nitrogens with one attached hydrogen (secondary N) is 1. The fourth-order valence-corrected chi connectivity index (χ4v) is 1.31. The Bertz CT molecular complexity index is 246. The first-order valence-electron chi connectivity index (χ1n) is 4.07. The van der Waals surface area contributed by atoms with Crippen molar-refractivity contribution in [2.75, 3.05) is 6.54 Å². The molecule has 0 aromatic carbocycles. The highest BCUT2D eigenvalue weighted by atomic mass is 35.5. The van der Waals surface area contributed by atoms with Crippen LogP contribution in [0.5, 0.6) is 0 Å². The third-order valence-electron chi connectivity index (χ3n) is 2.35. The Morgan fingerprint density at radius 3 is 2.50 bits per heavy atom. The SMILES string of the molecule is Cc1cc([C@H]2CCN2)oc1C.Cl. The first kappa shape index (κ1) is 9.62. The summed E-state index contributed by atoms with van der Waals surface area (Å²) in [4.78, 5) is 0. The van der Waals surface area contributed by atoms with Gasteiger partial charge in [0.15, 0.2) is 0 Å². The van der Waals surface area contributed by atoms with E-state index < -0.39 is 0 Å². The number of aryl methyl sites for hydroxylation is 2. The van der Waals surface area contributed by atoms with E-state index in [1.54, 1.807) is 0 Å². The van der Waals surface area contributed by atoms with Gasteiger partial charge in [-0.1, -0.05) is 0 Å². The van der Waals surface area contributed by atoms with Crippen LogP contribution in [-0.4, -0.2) is 6.54 Å². The number of halogens is 1. The molecule has 2 heterocycles. The third kappa shape index (κ3) is 1.50. The molecule has 1 saturated heterocycles. The van der Waals surface area contributed by atoms with Gasteiger partial charge < -0.3 is 9.73 Å². The van der Waals surface area contributed by atoms with Crippen molar-refractivity contribution >= 4 is 12.4 Å². The van der Waals surface area contributed by atoms with Gasteiger partial charge in [0.1, 0.15) is 11.5 Å². The summed E-state index contributed by atoms with van der Waals surface area (Å²) in [7, 11) is 0. The molecule has 3 heteroatoms. The summed E-state index contributed by atoms with van der Waals surface area (Å²) in [6.45, 7) is 5.22. The predicted molar refractivity (Wildman–Crippen MR) is 50.8 cm³/mol. The van der Waals surface area contributed by atoms with Crippen LogP contribution in [0.1, 0.15) is 29.5 Å². The van der Waals surface area contributed by atoms with Crippen LogP contribution in [0.15, 0.2) is 10.5 Å². The molecule has 0 bridgehead atoms. The number of hydrogen-bond acceptors (Lipinski definition) is 2. The first-order chi connectivity index (χ1) is 5.27. The summed E-state index contributed by atoms with van der Waals surface area (Å²) in [6.07, 6.45) is 1.21. The van der Waals surface area contributed by atoms with Crippen LogP contribution < -0.4 is 5.32 Å². The van der Waals surface area contributed by atoms with Gasteiger partial charge in [0.2, 0.25) is 0 Å². The van der Waals surface area contributed by atoms with E-state index in [2.05, 4.69) is 18.3 Å². The smallest absolute Gasteiger partial charge is 0.121 e. The van der Waals surface area contributed by atoms with Crippen molar-refractivity contribution in [3.05, 3.63) is 23.2 Å². The maximum atomic E-state index is 5.56. The first-order valence-corrected chi connectivity index (χ1v) is 4.07. The molecule has 1 aromatic heterocycles. The third-order valence-corrected chi connectivity index (χ3v) is 2.35. The van der Waals surface area contributed by atoms with E-state index in [0.717, 1.165) is 18.1 Å². The molecule has 1 N–H and O–H groups in total. The molecule has 2 nitrogen and oxygen atoms in total. The van der Waals surface area contributed by atoms with Gasteiger partial charge in [0.05, 0.1) is 6.04 Å². The Balaban J connectivity index is 0.000000720. The molecule has 1 aliphatic heterocycles. The highest BCUT2D eigenvalue weighted by molar-refractivity contribution is 5.85. The Labute approximate surface area is 78.7 Å². The molecule has 0 unspecified atom stereocenters. The molecule has 0 amide bonds. The number of hydrogen-bond donors (Lipinski definition) is 1. The van der Waals surface area contributed by atoms with Gasteiger partial charge in [-0.3, -0.25) is 0 Å². The zero-order valence-corrected chi connectivity index (χ0v) is 8.20. The predicted octanol–water partition coefficient (Wildman–Crippen LogP) is 2.35. The molecule has 0 radical (unpaired) electrons. The van der Waals surface area contributed by atoms with E-state index in [9.17, 15) is 0 Å². The fourth-order valence-electron chi connectivity index (χ4n) is 1.31. The van der Waals surface area contributed by atoms with E-state index in [1.807, 2.05) is 6.92 Å². The Morgan fingerprint density at radius 2 is 2.17 bits per heavy atom.